The molecular formula is C14H18FN3S. The Labute approximate surface area is 118 Å². The molecule has 1 aliphatic carbocycles. The van der Waals surface area contributed by atoms with Crippen LogP contribution in [0.3, 0.4) is 0 Å². The predicted octanol–water partition coefficient (Wildman–Crippen LogP) is 3.68. The summed E-state index contributed by atoms with van der Waals surface area (Å²) in [6.45, 7) is 2.26. The van der Waals surface area contributed by atoms with Crippen molar-refractivity contribution in [2.75, 3.05) is 5.32 Å². The Balaban J connectivity index is 1.85. The lowest BCUT2D eigenvalue weighted by molar-refractivity contribution is 0.482. The molecule has 5 heteroatoms. The monoisotopic (exact) mass is 279 g/mol. The van der Waals surface area contributed by atoms with Gasteiger partial charge in [-0.25, -0.2) is 4.39 Å². The van der Waals surface area contributed by atoms with E-state index in [4.69, 9.17) is 12.2 Å². The maximum atomic E-state index is 13.4. The van der Waals surface area contributed by atoms with Crippen LogP contribution < -0.4 is 10.7 Å². The molecule has 1 aromatic carbocycles. The minimum atomic E-state index is -0.328. The average molecular weight is 279 g/mol. The van der Waals surface area contributed by atoms with Crippen LogP contribution in [-0.2, 0) is 0 Å². The molecule has 1 saturated carbocycles. The van der Waals surface area contributed by atoms with Crippen molar-refractivity contribution < 1.29 is 4.39 Å². The summed E-state index contributed by atoms with van der Waals surface area (Å²) in [7, 11) is 0. The molecule has 19 heavy (non-hydrogen) atoms. The number of nitrogens with one attached hydrogen (secondary N) is 2. The second-order valence-corrected chi connectivity index (χ2v) is 5.31. The van der Waals surface area contributed by atoms with E-state index in [0.717, 1.165) is 24.5 Å². The van der Waals surface area contributed by atoms with Gasteiger partial charge in [0.2, 0.25) is 0 Å². The lowest BCUT2D eigenvalue weighted by Gasteiger charge is -2.19. The summed E-state index contributed by atoms with van der Waals surface area (Å²) in [6, 6.07) is 6.42. The number of nitrogens with zero attached hydrogens (tertiary/aromatic N) is 1. The Morgan fingerprint density at radius 1 is 1.32 bits per heavy atom. The molecular weight excluding hydrogens is 261 g/mol. The molecule has 0 aromatic heterocycles. The van der Waals surface area contributed by atoms with Gasteiger partial charge >= 0.3 is 0 Å². The molecule has 2 N–H and O–H groups in total. The molecule has 0 heterocycles. The first-order chi connectivity index (χ1) is 9.15. The lowest BCUT2D eigenvalue weighted by atomic mass is 9.90. The zero-order valence-corrected chi connectivity index (χ0v) is 11.8. The maximum Gasteiger partial charge on any atom is 0.191 e. The van der Waals surface area contributed by atoms with Crippen molar-refractivity contribution in [3.63, 3.8) is 0 Å². The Kier molecular flexibility index (Phi) is 4.85. The fourth-order valence-corrected chi connectivity index (χ4v) is 2.21. The quantitative estimate of drug-likeness (QED) is 0.640. The van der Waals surface area contributed by atoms with Gasteiger partial charge in [0, 0.05) is 5.71 Å². The van der Waals surface area contributed by atoms with Gasteiger partial charge in [0.1, 0.15) is 5.82 Å². The second kappa shape index (κ2) is 6.61. The van der Waals surface area contributed by atoms with Crippen molar-refractivity contribution >= 4 is 28.7 Å². The second-order valence-electron chi connectivity index (χ2n) is 4.91. The average Bonchev–Trinajstić information content (AvgIpc) is 2.41. The van der Waals surface area contributed by atoms with Gasteiger partial charge < -0.3 is 5.32 Å². The van der Waals surface area contributed by atoms with E-state index in [1.54, 1.807) is 18.2 Å². The molecule has 0 saturated heterocycles. The zero-order valence-electron chi connectivity index (χ0n) is 10.9. The summed E-state index contributed by atoms with van der Waals surface area (Å²) < 4.78 is 13.4. The number of para-hydroxylation sites is 1. The number of halogens is 1. The standard InChI is InChI=1S/C14H18FN3S/c1-10-6-8-11(9-7-10)17-18-14(19)16-13-5-3-2-4-12(13)15/h2-5,10H,6-9H2,1H3,(H2,16,18,19). The van der Waals surface area contributed by atoms with Gasteiger partial charge in [-0.1, -0.05) is 19.1 Å². The molecule has 3 nitrogen and oxygen atoms in total. The number of thiocarbonyl (C=S) groups is 1. The molecule has 0 spiro atoms. The topological polar surface area (TPSA) is 36.4 Å². The van der Waals surface area contributed by atoms with Crippen LogP contribution >= 0.6 is 12.2 Å². The van der Waals surface area contributed by atoms with E-state index in [1.807, 2.05) is 0 Å². The highest BCUT2D eigenvalue weighted by Crippen LogP contribution is 2.21. The first kappa shape index (κ1) is 13.9. The number of hydrogen-bond acceptors (Lipinski definition) is 2. The van der Waals surface area contributed by atoms with Crippen LogP contribution in [0.25, 0.3) is 0 Å². The number of benzene rings is 1. The highest BCUT2D eigenvalue weighted by molar-refractivity contribution is 7.80. The van der Waals surface area contributed by atoms with Crippen LogP contribution in [0.15, 0.2) is 29.4 Å². The van der Waals surface area contributed by atoms with Gasteiger partial charge in [-0.2, -0.15) is 5.10 Å². The number of hydrogen-bond donors (Lipinski definition) is 2. The number of rotatable bonds is 2. The summed E-state index contributed by atoms with van der Waals surface area (Å²) in [5, 5.41) is 7.40. The number of hydrazone groups is 1. The Hall–Kier alpha value is -1.49. The van der Waals surface area contributed by atoms with E-state index in [1.165, 1.54) is 18.9 Å². The van der Waals surface area contributed by atoms with E-state index in [-0.39, 0.29) is 5.82 Å². The van der Waals surface area contributed by atoms with Gasteiger partial charge in [0.15, 0.2) is 5.11 Å². The highest BCUT2D eigenvalue weighted by atomic mass is 32.1. The van der Waals surface area contributed by atoms with Crippen LogP contribution in [0.1, 0.15) is 32.6 Å². The largest absolute Gasteiger partial charge is 0.329 e. The minimum Gasteiger partial charge on any atom is -0.329 e. The Morgan fingerprint density at radius 2 is 2.00 bits per heavy atom. The molecule has 0 amide bonds. The molecule has 0 atom stereocenters. The Morgan fingerprint density at radius 3 is 2.68 bits per heavy atom. The zero-order chi connectivity index (χ0) is 13.7. The fourth-order valence-electron chi connectivity index (χ4n) is 2.05. The molecule has 0 radical (unpaired) electrons. The molecule has 1 aromatic rings. The first-order valence-corrected chi connectivity index (χ1v) is 6.93. The Bertz CT molecular complexity index is 477. The van der Waals surface area contributed by atoms with Gasteiger partial charge in [-0.3, -0.25) is 5.43 Å². The van der Waals surface area contributed by atoms with Crippen molar-refractivity contribution in [3.05, 3.63) is 30.1 Å². The van der Waals surface area contributed by atoms with E-state index >= 15 is 0 Å². The smallest absolute Gasteiger partial charge is 0.191 e. The van der Waals surface area contributed by atoms with Crippen molar-refractivity contribution in [1.29, 1.82) is 0 Å². The van der Waals surface area contributed by atoms with Crippen LogP contribution in [0.5, 0.6) is 0 Å². The maximum absolute atomic E-state index is 13.4. The molecule has 102 valence electrons. The molecule has 0 aliphatic heterocycles. The van der Waals surface area contributed by atoms with Gasteiger partial charge in [-0.15, -0.1) is 0 Å². The van der Waals surface area contributed by atoms with Crippen LogP contribution in [0, 0.1) is 11.7 Å². The van der Waals surface area contributed by atoms with Crippen molar-refractivity contribution in [2.24, 2.45) is 11.0 Å². The summed E-state index contributed by atoms with van der Waals surface area (Å²) in [5.74, 6) is 0.452. The molecule has 0 bridgehead atoms. The summed E-state index contributed by atoms with van der Waals surface area (Å²) in [4.78, 5) is 0. The van der Waals surface area contributed by atoms with E-state index in [0.29, 0.717) is 10.8 Å². The van der Waals surface area contributed by atoms with Crippen LogP contribution in [0.4, 0.5) is 10.1 Å². The minimum absolute atomic E-state index is 0.316. The van der Waals surface area contributed by atoms with Crippen LogP contribution in [0.2, 0.25) is 0 Å². The fraction of sp³-hybridized carbons (Fsp3) is 0.429. The lowest BCUT2D eigenvalue weighted by Crippen LogP contribution is -2.26. The summed E-state index contributed by atoms with van der Waals surface area (Å²) >= 11 is 5.09. The van der Waals surface area contributed by atoms with Crippen molar-refractivity contribution in [1.82, 2.24) is 5.43 Å². The molecule has 0 unspecified atom stereocenters. The van der Waals surface area contributed by atoms with Gasteiger partial charge in [-0.05, 0) is 56.0 Å². The third-order valence-electron chi connectivity index (χ3n) is 3.29. The van der Waals surface area contributed by atoms with Crippen molar-refractivity contribution in [3.8, 4) is 0 Å². The predicted molar refractivity (Wildman–Crippen MR) is 80.8 cm³/mol. The van der Waals surface area contributed by atoms with Gasteiger partial charge in [0.25, 0.3) is 0 Å². The SMILES string of the molecule is CC1CCC(=NNC(=S)Nc2ccccc2F)CC1. The summed E-state index contributed by atoms with van der Waals surface area (Å²) in [5.41, 5.74) is 4.28. The first-order valence-electron chi connectivity index (χ1n) is 6.52. The van der Waals surface area contributed by atoms with Crippen molar-refractivity contribution in [2.45, 2.75) is 32.6 Å². The molecule has 1 aliphatic rings. The van der Waals surface area contributed by atoms with E-state index < -0.39 is 0 Å². The van der Waals surface area contributed by atoms with Gasteiger partial charge in [0.05, 0.1) is 5.69 Å². The van der Waals surface area contributed by atoms with E-state index in [2.05, 4.69) is 22.8 Å². The highest BCUT2D eigenvalue weighted by Gasteiger charge is 2.13. The van der Waals surface area contributed by atoms with E-state index in [9.17, 15) is 4.39 Å². The number of anilines is 1. The molecule has 2 rings (SSSR count). The molecule has 1 fully saturated rings. The van der Waals surface area contributed by atoms with Crippen LogP contribution in [-0.4, -0.2) is 10.8 Å². The third-order valence-corrected chi connectivity index (χ3v) is 3.48. The third kappa shape index (κ3) is 4.28. The summed E-state index contributed by atoms with van der Waals surface area (Å²) in [6.07, 6.45) is 4.37. The normalized spacial score (nSPS) is 18.8.